The van der Waals surface area contributed by atoms with Gasteiger partial charge in [0.25, 0.3) is 5.91 Å². The van der Waals surface area contributed by atoms with Crippen molar-refractivity contribution in [2.45, 2.75) is 0 Å². The zero-order valence-electron chi connectivity index (χ0n) is 12.2. The van der Waals surface area contributed by atoms with Crippen molar-refractivity contribution < 1.29 is 4.79 Å². The van der Waals surface area contributed by atoms with E-state index in [4.69, 9.17) is 0 Å². The Morgan fingerprint density at radius 2 is 1.95 bits per heavy atom. The predicted molar refractivity (Wildman–Crippen MR) is 95.2 cm³/mol. The van der Waals surface area contributed by atoms with E-state index in [0.29, 0.717) is 4.91 Å². The summed E-state index contributed by atoms with van der Waals surface area (Å²) in [6.07, 6.45) is 3.89. The van der Waals surface area contributed by atoms with Gasteiger partial charge in [0, 0.05) is 36.1 Å². The number of carbonyl (C=O) groups excluding carboxylic acids is 1. The highest BCUT2D eigenvalue weighted by Gasteiger charge is 2.29. The van der Waals surface area contributed by atoms with Crippen molar-refractivity contribution >= 4 is 44.8 Å². The molecular weight excluding hydrogens is 362 g/mol. The molecular formula is C16H14BrN3OS. The smallest absolute Gasteiger partial charge is 0.266 e. The molecule has 112 valence electrons. The largest absolute Gasteiger partial charge is 0.317 e. The Morgan fingerprint density at radius 3 is 2.59 bits per heavy atom. The van der Waals surface area contributed by atoms with E-state index in [1.165, 1.54) is 11.8 Å². The topological polar surface area (TPSA) is 37.6 Å². The molecule has 6 heteroatoms. The maximum absolute atomic E-state index is 12.2. The van der Waals surface area contributed by atoms with E-state index in [9.17, 15) is 4.79 Å². The maximum atomic E-state index is 12.2. The summed E-state index contributed by atoms with van der Waals surface area (Å²) in [6, 6.07) is 12.0. The molecule has 0 saturated carbocycles. The number of rotatable bonds is 2. The van der Waals surface area contributed by atoms with Gasteiger partial charge < -0.3 is 4.57 Å². The molecule has 4 nitrogen and oxygen atoms in total. The number of amidine groups is 1. The monoisotopic (exact) mass is 375 g/mol. The van der Waals surface area contributed by atoms with Gasteiger partial charge in [-0.3, -0.25) is 14.7 Å². The van der Waals surface area contributed by atoms with E-state index in [1.807, 2.05) is 53.2 Å². The number of carbonyl (C=O) groups is 1. The van der Waals surface area contributed by atoms with Gasteiger partial charge in [0.15, 0.2) is 5.17 Å². The van der Waals surface area contributed by atoms with Gasteiger partial charge in [0.05, 0.1) is 4.91 Å². The Kier molecular flexibility index (Phi) is 4.22. The fraction of sp³-hybridized carbons (Fsp3) is 0.125. The first-order chi connectivity index (χ1) is 10.6. The SMILES string of the molecule is CN=C1SC(=Cc2cccn2-c2ccc(Br)cc2)C(=O)N1C. The average molecular weight is 376 g/mol. The number of thioether (sulfide) groups is 1. The van der Waals surface area contributed by atoms with Crippen molar-refractivity contribution in [2.24, 2.45) is 4.99 Å². The van der Waals surface area contributed by atoms with Crippen LogP contribution in [0.3, 0.4) is 0 Å². The lowest BCUT2D eigenvalue weighted by atomic mass is 10.3. The Morgan fingerprint density at radius 1 is 1.23 bits per heavy atom. The molecule has 0 atom stereocenters. The van der Waals surface area contributed by atoms with Gasteiger partial charge in [-0.15, -0.1) is 0 Å². The molecule has 0 unspecified atom stereocenters. The van der Waals surface area contributed by atoms with Crippen molar-refractivity contribution in [2.75, 3.05) is 14.1 Å². The van der Waals surface area contributed by atoms with Crippen LogP contribution >= 0.6 is 27.7 Å². The Bertz CT molecular complexity index is 777. The summed E-state index contributed by atoms with van der Waals surface area (Å²) in [4.78, 5) is 18.6. The number of hydrogen-bond acceptors (Lipinski definition) is 3. The van der Waals surface area contributed by atoms with Crippen LogP contribution in [0, 0.1) is 0 Å². The second-order valence-corrected chi connectivity index (χ2v) is 6.69. The number of halogens is 1. The summed E-state index contributed by atoms with van der Waals surface area (Å²) in [6.45, 7) is 0. The van der Waals surface area contributed by atoms with Gasteiger partial charge in [0.2, 0.25) is 0 Å². The molecule has 0 radical (unpaired) electrons. The molecule has 22 heavy (non-hydrogen) atoms. The van der Waals surface area contributed by atoms with E-state index >= 15 is 0 Å². The van der Waals surface area contributed by atoms with E-state index in [2.05, 4.69) is 20.9 Å². The molecule has 1 aliphatic rings. The molecule has 2 heterocycles. The van der Waals surface area contributed by atoms with Crippen LogP contribution in [0.25, 0.3) is 11.8 Å². The van der Waals surface area contributed by atoms with Crippen molar-refractivity contribution in [1.82, 2.24) is 9.47 Å². The van der Waals surface area contributed by atoms with Crippen molar-refractivity contribution in [3.8, 4) is 5.69 Å². The Hall–Kier alpha value is -1.79. The normalized spacial score (nSPS) is 18.7. The molecule has 1 aliphatic heterocycles. The molecule has 1 saturated heterocycles. The molecule has 3 rings (SSSR count). The minimum absolute atomic E-state index is 0.0193. The summed E-state index contributed by atoms with van der Waals surface area (Å²) in [5.41, 5.74) is 2.01. The summed E-state index contributed by atoms with van der Waals surface area (Å²) in [7, 11) is 3.44. The highest BCUT2D eigenvalue weighted by molar-refractivity contribution is 9.10. The minimum atomic E-state index is -0.0193. The lowest BCUT2D eigenvalue weighted by Gasteiger charge is -2.07. The van der Waals surface area contributed by atoms with Crippen molar-refractivity contribution in [3.63, 3.8) is 0 Å². The van der Waals surface area contributed by atoms with Gasteiger partial charge in [-0.1, -0.05) is 15.9 Å². The number of hydrogen-bond donors (Lipinski definition) is 0. The Balaban J connectivity index is 1.98. The van der Waals surface area contributed by atoms with E-state index in [-0.39, 0.29) is 5.91 Å². The molecule has 1 aromatic carbocycles. The van der Waals surface area contributed by atoms with E-state index in [0.717, 1.165) is 21.0 Å². The molecule has 1 amide bonds. The third-order valence-electron chi connectivity index (χ3n) is 3.36. The average Bonchev–Trinajstić information content (AvgIpc) is 3.08. The van der Waals surface area contributed by atoms with E-state index in [1.54, 1.807) is 19.0 Å². The molecule has 1 aromatic heterocycles. The fourth-order valence-electron chi connectivity index (χ4n) is 2.23. The molecule has 1 fully saturated rings. The molecule has 0 N–H and O–H groups in total. The number of likely N-dealkylation sites (N-methyl/N-ethyl adjacent to an activating group) is 1. The number of aromatic nitrogens is 1. The number of nitrogens with zero attached hydrogens (tertiary/aromatic N) is 3. The Labute approximate surface area is 141 Å². The third kappa shape index (κ3) is 2.76. The second kappa shape index (κ2) is 6.14. The van der Waals surface area contributed by atoms with Gasteiger partial charge in [-0.2, -0.15) is 0 Å². The minimum Gasteiger partial charge on any atom is -0.317 e. The van der Waals surface area contributed by atoms with Crippen LogP contribution in [0.1, 0.15) is 5.69 Å². The fourth-order valence-corrected chi connectivity index (χ4v) is 3.41. The van der Waals surface area contributed by atoms with Gasteiger partial charge >= 0.3 is 0 Å². The summed E-state index contributed by atoms with van der Waals surface area (Å²) in [5, 5.41) is 0.720. The maximum Gasteiger partial charge on any atom is 0.266 e. The third-order valence-corrected chi connectivity index (χ3v) is 5.04. The first-order valence-electron chi connectivity index (χ1n) is 6.68. The van der Waals surface area contributed by atoms with Crippen LogP contribution in [-0.4, -0.2) is 34.6 Å². The second-order valence-electron chi connectivity index (χ2n) is 4.76. The van der Waals surface area contributed by atoms with Crippen LogP contribution in [0.4, 0.5) is 0 Å². The number of aliphatic imine (C=N–C) groups is 1. The summed E-state index contributed by atoms with van der Waals surface area (Å²) in [5.74, 6) is -0.0193. The summed E-state index contributed by atoms with van der Waals surface area (Å²) >= 11 is 4.84. The molecule has 0 spiro atoms. The van der Waals surface area contributed by atoms with Crippen LogP contribution in [0.5, 0.6) is 0 Å². The molecule has 0 bridgehead atoms. The highest BCUT2D eigenvalue weighted by Crippen LogP contribution is 2.31. The van der Waals surface area contributed by atoms with Crippen LogP contribution in [-0.2, 0) is 4.79 Å². The number of amides is 1. The quantitative estimate of drug-likeness (QED) is 0.749. The molecule has 0 aliphatic carbocycles. The number of benzene rings is 1. The van der Waals surface area contributed by atoms with Crippen LogP contribution in [0.15, 0.2) is 57.0 Å². The lowest BCUT2D eigenvalue weighted by Crippen LogP contribution is -2.23. The molecule has 2 aromatic rings. The summed E-state index contributed by atoms with van der Waals surface area (Å²) < 4.78 is 3.09. The zero-order valence-corrected chi connectivity index (χ0v) is 14.6. The van der Waals surface area contributed by atoms with Gasteiger partial charge in [-0.25, -0.2) is 0 Å². The first kappa shape index (κ1) is 15.1. The lowest BCUT2D eigenvalue weighted by molar-refractivity contribution is -0.121. The van der Waals surface area contributed by atoms with Crippen LogP contribution < -0.4 is 0 Å². The zero-order chi connectivity index (χ0) is 15.7. The van der Waals surface area contributed by atoms with Crippen LogP contribution in [0.2, 0.25) is 0 Å². The first-order valence-corrected chi connectivity index (χ1v) is 8.29. The van der Waals surface area contributed by atoms with Gasteiger partial charge in [0.1, 0.15) is 0 Å². The highest BCUT2D eigenvalue weighted by atomic mass is 79.9. The standard InChI is InChI=1S/C16H14BrN3OS/c1-18-16-19(2)15(21)14(22-16)10-13-4-3-9-20(13)12-7-5-11(17)6-8-12/h3-10H,1-2H3. The predicted octanol–water partition coefficient (Wildman–Crippen LogP) is 3.77. The van der Waals surface area contributed by atoms with Crippen molar-refractivity contribution in [3.05, 3.63) is 57.7 Å². The van der Waals surface area contributed by atoms with Crippen molar-refractivity contribution in [1.29, 1.82) is 0 Å². The van der Waals surface area contributed by atoms with E-state index < -0.39 is 0 Å². The van der Waals surface area contributed by atoms with Gasteiger partial charge in [-0.05, 0) is 54.2 Å².